The Kier molecular flexibility index (Phi) is 4.69. The van der Waals surface area contributed by atoms with Gasteiger partial charge >= 0.3 is 5.97 Å². The molecule has 5 rings (SSSR count). The molecule has 1 unspecified atom stereocenters. The maximum Gasteiger partial charge on any atom is 0.344 e. The average Bonchev–Trinajstić information content (AvgIpc) is 3.37. The van der Waals surface area contributed by atoms with Crippen LogP contribution in [0.3, 0.4) is 0 Å². The molecule has 1 aromatic carbocycles. The molecule has 3 aromatic rings. The molecule has 1 atom stereocenters. The number of nitrogens with zero attached hydrogens (tertiary/aromatic N) is 3. The fourth-order valence-corrected chi connectivity index (χ4v) is 4.32. The molecule has 30 heavy (non-hydrogen) atoms. The lowest BCUT2D eigenvalue weighted by Crippen LogP contribution is -2.27. The Morgan fingerprint density at radius 2 is 2.17 bits per heavy atom. The van der Waals surface area contributed by atoms with Crippen LogP contribution < -0.4 is 14.4 Å². The molecule has 7 nitrogen and oxygen atoms in total. The zero-order chi connectivity index (χ0) is 20.7. The molecule has 0 saturated carbocycles. The Morgan fingerprint density at radius 3 is 3.03 bits per heavy atom. The van der Waals surface area contributed by atoms with Gasteiger partial charge in [0, 0.05) is 24.4 Å². The van der Waals surface area contributed by atoms with Crippen LogP contribution in [0.5, 0.6) is 11.5 Å². The van der Waals surface area contributed by atoms with E-state index in [9.17, 15) is 9.18 Å². The summed E-state index contributed by atoms with van der Waals surface area (Å²) in [5.74, 6) is 0.739. The highest BCUT2D eigenvalue weighted by Gasteiger charge is 2.36. The molecular formula is C22H22FN3O4. The number of esters is 1. The first kappa shape index (κ1) is 18.7. The number of aromatic nitrogens is 2. The Bertz CT molecular complexity index is 1110. The number of pyridine rings is 1. The topological polar surface area (TPSA) is 65.3 Å². The first-order chi connectivity index (χ1) is 14.7. The third-order valence-corrected chi connectivity index (χ3v) is 5.52. The van der Waals surface area contributed by atoms with Gasteiger partial charge in [0.15, 0.2) is 17.3 Å². The van der Waals surface area contributed by atoms with Crippen LogP contribution in [0.1, 0.15) is 41.7 Å². The number of carbonyl (C=O) groups excluding carboxylic acids is 1. The molecule has 1 fully saturated rings. The third-order valence-electron chi connectivity index (χ3n) is 5.52. The summed E-state index contributed by atoms with van der Waals surface area (Å²) in [4.78, 5) is 14.9. The van der Waals surface area contributed by atoms with Crippen molar-refractivity contribution in [2.75, 3.05) is 31.3 Å². The van der Waals surface area contributed by atoms with Crippen LogP contribution in [-0.2, 0) is 4.74 Å². The molecule has 4 heterocycles. The minimum Gasteiger partial charge on any atom is -0.486 e. The number of fused-ring (bicyclic) bond motifs is 2. The highest BCUT2D eigenvalue weighted by molar-refractivity contribution is 6.02. The maximum atomic E-state index is 14.4. The molecule has 1 saturated heterocycles. The van der Waals surface area contributed by atoms with E-state index in [1.807, 2.05) is 23.1 Å². The van der Waals surface area contributed by atoms with Gasteiger partial charge in [-0.1, -0.05) is 6.07 Å². The molecule has 0 bridgehead atoms. The van der Waals surface area contributed by atoms with Crippen molar-refractivity contribution in [3.8, 4) is 11.5 Å². The molecular weight excluding hydrogens is 389 g/mol. The minimum atomic E-state index is -0.416. The molecule has 0 radical (unpaired) electrons. The molecule has 0 N–H and O–H groups in total. The number of rotatable bonds is 4. The smallest absolute Gasteiger partial charge is 0.344 e. The van der Waals surface area contributed by atoms with Crippen molar-refractivity contribution >= 4 is 17.3 Å². The summed E-state index contributed by atoms with van der Waals surface area (Å²) in [6.07, 6.45) is 3.47. The lowest BCUT2D eigenvalue weighted by atomic mass is 10.0. The number of halogens is 1. The van der Waals surface area contributed by atoms with E-state index in [2.05, 4.69) is 5.10 Å². The zero-order valence-electron chi connectivity index (χ0n) is 16.6. The van der Waals surface area contributed by atoms with Crippen molar-refractivity contribution < 1.29 is 23.4 Å². The minimum absolute atomic E-state index is 0.186. The van der Waals surface area contributed by atoms with Crippen molar-refractivity contribution in [3.63, 3.8) is 0 Å². The molecule has 156 valence electrons. The second kappa shape index (κ2) is 7.51. The molecule has 0 aliphatic carbocycles. The number of benzene rings is 1. The molecule has 2 aliphatic heterocycles. The van der Waals surface area contributed by atoms with Crippen molar-refractivity contribution in [1.29, 1.82) is 0 Å². The number of anilines is 1. The number of ether oxygens (including phenoxy) is 3. The Hall–Kier alpha value is -3.29. The van der Waals surface area contributed by atoms with Gasteiger partial charge in [0.2, 0.25) is 0 Å². The van der Waals surface area contributed by atoms with Crippen LogP contribution in [0, 0.1) is 5.82 Å². The predicted octanol–water partition coefficient (Wildman–Crippen LogP) is 3.76. The summed E-state index contributed by atoms with van der Waals surface area (Å²) in [7, 11) is 0. The van der Waals surface area contributed by atoms with Crippen LogP contribution in [0.2, 0.25) is 0 Å². The lowest BCUT2D eigenvalue weighted by Gasteiger charge is -2.29. The summed E-state index contributed by atoms with van der Waals surface area (Å²) in [5, 5.41) is 4.68. The second-order valence-corrected chi connectivity index (χ2v) is 7.32. The van der Waals surface area contributed by atoms with E-state index in [1.165, 1.54) is 12.1 Å². The van der Waals surface area contributed by atoms with Crippen molar-refractivity contribution in [2.24, 2.45) is 0 Å². The van der Waals surface area contributed by atoms with Gasteiger partial charge in [0.05, 0.1) is 18.2 Å². The fourth-order valence-electron chi connectivity index (χ4n) is 4.32. The van der Waals surface area contributed by atoms with E-state index in [4.69, 9.17) is 14.2 Å². The van der Waals surface area contributed by atoms with Gasteiger partial charge in [-0.3, -0.25) is 0 Å². The van der Waals surface area contributed by atoms with Crippen LogP contribution >= 0.6 is 0 Å². The Morgan fingerprint density at radius 1 is 1.30 bits per heavy atom. The van der Waals surface area contributed by atoms with Gasteiger partial charge in [-0.2, -0.15) is 0 Å². The number of hydrogen-bond donors (Lipinski definition) is 0. The summed E-state index contributed by atoms with van der Waals surface area (Å²) in [6.45, 7) is 3.55. The summed E-state index contributed by atoms with van der Waals surface area (Å²) >= 11 is 0. The van der Waals surface area contributed by atoms with E-state index < -0.39 is 5.97 Å². The van der Waals surface area contributed by atoms with Gasteiger partial charge in [-0.15, -0.1) is 5.10 Å². The summed E-state index contributed by atoms with van der Waals surface area (Å²) in [5.41, 5.74) is 1.82. The van der Waals surface area contributed by atoms with Crippen molar-refractivity contribution in [2.45, 2.75) is 25.8 Å². The Balaban J connectivity index is 1.63. The van der Waals surface area contributed by atoms with E-state index in [0.29, 0.717) is 53.7 Å². The Labute approximate surface area is 172 Å². The van der Waals surface area contributed by atoms with E-state index >= 15 is 0 Å². The number of carbonyl (C=O) groups is 1. The van der Waals surface area contributed by atoms with E-state index in [1.54, 1.807) is 17.6 Å². The molecule has 8 heteroatoms. The zero-order valence-corrected chi connectivity index (χ0v) is 16.6. The molecule has 2 aliphatic rings. The first-order valence-electron chi connectivity index (χ1n) is 10.2. The third kappa shape index (κ3) is 3.03. The standard InChI is InChI=1S/C22H22FN3O4/c1-2-28-22(27)19-17-6-3-4-9-26(17)24-21(19)25-8-5-7-16(25)15-12-14(23)13-18-20(15)30-11-10-29-18/h3-4,6,9,12-13,16H,2,5,7-8,10-11H2,1H3. The van der Waals surface area contributed by atoms with Crippen molar-refractivity contribution in [1.82, 2.24) is 9.61 Å². The highest BCUT2D eigenvalue weighted by Crippen LogP contribution is 2.45. The molecule has 0 spiro atoms. The summed E-state index contributed by atoms with van der Waals surface area (Å²) in [6, 6.07) is 8.22. The maximum absolute atomic E-state index is 14.4. The van der Waals surface area contributed by atoms with Gasteiger partial charge in [0.25, 0.3) is 0 Å². The van der Waals surface area contributed by atoms with Gasteiger partial charge < -0.3 is 19.1 Å². The van der Waals surface area contributed by atoms with E-state index in [-0.39, 0.29) is 18.5 Å². The largest absolute Gasteiger partial charge is 0.486 e. The average molecular weight is 411 g/mol. The SMILES string of the molecule is CCOC(=O)c1c(N2CCCC2c2cc(F)cc3c2OCCO3)nn2ccccc12. The highest BCUT2D eigenvalue weighted by atomic mass is 19.1. The van der Waals surface area contributed by atoms with Gasteiger partial charge in [-0.05, 0) is 38.0 Å². The normalized spacial score (nSPS) is 18.1. The molecule has 0 amide bonds. The van der Waals surface area contributed by atoms with E-state index in [0.717, 1.165) is 12.8 Å². The monoisotopic (exact) mass is 411 g/mol. The molecule has 2 aromatic heterocycles. The number of hydrogen-bond acceptors (Lipinski definition) is 6. The van der Waals surface area contributed by atoms with Crippen molar-refractivity contribution in [3.05, 3.63) is 53.5 Å². The first-order valence-corrected chi connectivity index (χ1v) is 10.2. The van der Waals surface area contributed by atoms with Crippen LogP contribution in [0.4, 0.5) is 10.2 Å². The predicted molar refractivity (Wildman–Crippen MR) is 108 cm³/mol. The summed E-state index contributed by atoms with van der Waals surface area (Å²) < 4.78 is 32.8. The quantitative estimate of drug-likeness (QED) is 0.609. The van der Waals surface area contributed by atoms with Crippen LogP contribution in [0.25, 0.3) is 5.52 Å². The lowest BCUT2D eigenvalue weighted by molar-refractivity contribution is 0.0529. The van der Waals surface area contributed by atoms with Gasteiger partial charge in [-0.25, -0.2) is 13.7 Å². The fraction of sp³-hybridized carbons (Fsp3) is 0.364. The van der Waals surface area contributed by atoms with Gasteiger partial charge in [0.1, 0.15) is 24.6 Å². The second-order valence-electron chi connectivity index (χ2n) is 7.32. The van der Waals surface area contributed by atoms with Crippen LogP contribution in [-0.4, -0.2) is 41.9 Å². The van der Waals surface area contributed by atoms with Crippen LogP contribution in [0.15, 0.2) is 36.5 Å².